The van der Waals surface area contributed by atoms with Crippen LogP contribution >= 0.6 is 11.6 Å². The Balaban J connectivity index is 2.32. The molecule has 1 amide bonds. The van der Waals surface area contributed by atoms with Crippen LogP contribution in [0.15, 0.2) is 29.2 Å². The van der Waals surface area contributed by atoms with Crippen molar-refractivity contribution in [3.63, 3.8) is 0 Å². The molecule has 138 valence electrons. The van der Waals surface area contributed by atoms with Crippen LogP contribution in [-0.4, -0.2) is 54.3 Å². The van der Waals surface area contributed by atoms with E-state index in [1.807, 2.05) is 0 Å². The number of carbonyl (C=O) groups is 2. The molecule has 0 aromatic heterocycles. The Morgan fingerprint density at radius 1 is 1.28 bits per heavy atom. The molecule has 0 spiro atoms. The lowest BCUT2D eigenvalue weighted by Crippen LogP contribution is -2.42. The van der Waals surface area contributed by atoms with Gasteiger partial charge in [0, 0.05) is 6.54 Å². The van der Waals surface area contributed by atoms with Gasteiger partial charge >= 0.3 is 12.1 Å². The van der Waals surface area contributed by atoms with Crippen LogP contribution in [0, 0.1) is 0 Å². The zero-order valence-corrected chi connectivity index (χ0v) is 14.1. The largest absolute Gasteiger partial charge is 0.480 e. The van der Waals surface area contributed by atoms with Gasteiger partial charge in [-0.3, -0.25) is 4.79 Å². The minimum absolute atomic E-state index is 0.0885. The average Bonchev–Trinajstić information content (AvgIpc) is 2.92. The normalized spacial score (nSPS) is 21.4. The quantitative estimate of drug-likeness (QED) is 0.837. The Kier molecular flexibility index (Phi) is 5.33. The molecule has 1 fully saturated rings. The van der Waals surface area contributed by atoms with Crippen LogP contribution in [-0.2, 0) is 19.4 Å². The number of hydrogen-bond acceptors (Lipinski definition) is 4. The number of carbonyl (C=O) groups excluding carboxylic acids is 1. The van der Waals surface area contributed by atoms with Crippen molar-refractivity contribution in [3.8, 4) is 0 Å². The van der Waals surface area contributed by atoms with E-state index in [0.29, 0.717) is 4.90 Å². The summed E-state index contributed by atoms with van der Waals surface area (Å²) in [4.78, 5) is 23.2. The Labute approximate surface area is 146 Å². The Morgan fingerprint density at radius 2 is 1.88 bits per heavy atom. The third kappa shape index (κ3) is 4.24. The first-order chi connectivity index (χ1) is 11.4. The molecule has 2 atom stereocenters. The van der Waals surface area contributed by atoms with E-state index in [2.05, 4.69) is 0 Å². The first-order valence-electron chi connectivity index (χ1n) is 7.01. The summed E-state index contributed by atoms with van der Waals surface area (Å²) >= 11 is 5.85. The predicted molar refractivity (Wildman–Crippen MR) is 80.9 cm³/mol. The van der Waals surface area contributed by atoms with Gasteiger partial charge in [-0.1, -0.05) is 23.7 Å². The molecule has 1 heterocycles. The second-order valence-electron chi connectivity index (χ2n) is 5.53. The zero-order chi connectivity index (χ0) is 19.0. The van der Waals surface area contributed by atoms with Crippen molar-refractivity contribution in [3.05, 3.63) is 29.3 Å². The number of carboxylic acids is 1. The van der Waals surface area contributed by atoms with Crippen molar-refractivity contribution < 1.29 is 36.3 Å². The van der Waals surface area contributed by atoms with Crippen LogP contribution in [0.1, 0.15) is 12.8 Å². The number of sulfone groups is 1. The lowest BCUT2D eigenvalue weighted by molar-refractivity contribution is -0.165. The molecule has 1 aliphatic rings. The first kappa shape index (κ1) is 19.5. The minimum Gasteiger partial charge on any atom is -0.480 e. The average molecular weight is 400 g/mol. The fourth-order valence-electron chi connectivity index (χ4n) is 2.66. The number of rotatable bonds is 4. The molecule has 25 heavy (non-hydrogen) atoms. The number of alkyl halides is 3. The maximum absolute atomic E-state index is 12.6. The molecule has 0 aliphatic carbocycles. The third-order valence-electron chi connectivity index (χ3n) is 3.80. The molecule has 1 aliphatic heterocycles. The maximum atomic E-state index is 12.6. The second-order valence-corrected chi connectivity index (χ2v) is 8.13. The number of halogens is 4. The van der Waals surface area contributed by atoms with Crippen molar-refractivity contribution in [2.75, 3.05) is 6.54 Å². The van der Waals surface area contributed by atoms with E-state index < -0.39 is 58.6 Å². The molecule has 1 saturated heterocycles. The van der Waals surface area contributed by atoms with Gasteiger partial charge in [-0.05, 0) is 18.6 Å². The molecule has 0 radical (unpaired) electrons. The highest BCUT2D eigenvalue weighted by atomic mass is 35.5. The van der Waals surface area contributed by atoms with E-state index in [4.69, 9.17) is 16.7 Å². The Hall–Kier alpha value is -1.81. The molecule has 2 rings (SSSR count). The van der Waals surface area contributed by atoms with Crippen LogP contribution in [0.25, 0.3) is 0 Å². The summed E-state index contributed by atoms with van der Waals surface area (Å²) in [5, 5.41) is 7.70. The Bertz CT molecular complexity index is 796. The highest BCUT2D eigenvalue weighted by Crippen LogP contribution is 2.33. The predicted octanol–water partition coefficient (Wildman–Crippen LogP) is 2.12. The summed E-state index contributed by atoms with van der Waals surface area (Å²) in [6, 6.07) is 3.81. The van der Waals surface area contributed by atoms with Crippen molar-refractivity contribution in [1.82, 2.24) is 4.90 Å². The van der Waals surface area contributed by atoms with Gasteiger partial charge in [0.15, 0.2) is 9.84 Å². The van der Waals surface area contributed by atoms with Gasteiger partial charge in [-0.15, -0.1) is 0 Å². The SMILES string of the molecule is O=C(O)[C@@H]1C[C@@H](S(=O)(=O)c2ccccc2Cl)CN1C(=O)CC(F)(F)F. The Morgan fingerprint density at radius 3 is 2.40 bits per heavy atom. The summed E-state index contributed by atoms with van der Waals surface area (Å²) in [6.07, 6.45) is -7.18. The van der Waals surface area contributed by atoms with E-state index in [1.54, 1.807) is 0 Å². The summed E-state index contributed by atoms with van der Waals surface area (Å²) < 4.78 is 62.5. The number of nitrogens with zero attached hydrogens (tertiary/aromatic N) is 1. The zero-order valence-electron chi connectivity index (χ0n) is 12.5. The molecule has 1 aromatic carbocycles. The second kappa shape index (κ2) is 6.83. The number of aliphatic carboxylic acids is 1. The van der Waals surface area contributed by atoms with Gasteiger partial charge in [0.1, 0.15) is 12.5 Å². The summed E-state index contributed by atoms with van der Waals surface area (Å²) in [7, 11) is -4.12. The monoisotopic (exact) mass is 399 g/mol. The van der Waals surface area contributed by atoms with Gasteiger partial charge in [0.05, 0.1) is 15.2 Å². The minimum atomic E-state index is -4.82. The third-order valence-corrected chi connectivity index (χ3v) is 6.43. The molecule has 0 bridgehead atoms. The van der Waals surface area contributed by atoms with Crippen LogP contribution in [0.2, 0.25) is 5.02 Å². The molecule has 1 N–H and O–H groups in total. The highest BCUT2D eigenvalue weighted by molar-refractivity contribution is 7.92. The molecule has 6 nitrogen and oxygen atoms in total. The lowest BCUT2D eigenvalue weighted by atomic mass is 10.2. The van der Waals surface area contributed by atoms with Crippen molar-refractivity contribution in [2.24, 2.45) is 0 Å². The van der Waals surface area contributed by atoms with E-state index >= 15 is 0 Å². The van der Waals surface area contributed by atoms with E-state index in [1.165, 1.54) is 24.3 Å². The fraction of sp³-hybridized carbons (Fsp3) is 0.429. The van der Waals surface area contributed by atoms with Gasteiger partial charge in [0.25, 0.3) is 0 Å². The van der Waals surface area contributed by atoms with E-state index in [0.717, 1.165) is 0 Å². The molecule has 11 heteroatoms. The van der Waals surface area contributed by atoms with Crippen molar-refractivity contribution in [1.29, 1.82) is 0 Å². The number of benzene rings is 1. The smallest absolute Gasteiger partial charge is 0.397 e. The van der Waals surface area contributed by atoms with Crippen molar-refractivity contribution in [2.45, 2.75) is 35.2 Å². The fourth-order valence-corrected chi connectivity index (χ4v) is 4.88. The summed E-state index contributed by atoms with van der Waals surface area (Å²) in [5.74, 6) is -3.04. The number of hydrogen-bond donors (Lipinski definition) is 1. The van der Waals surface area contributed by atoms with Crippen LogP contribution in [0.3, 0.4) is 0 Å². The maximum Gasteiger partial charge on any atom is 0.397 e. The number of likely N-dealkylation sites (tertiary alicyclic amines) is 1. The highest BCUT2D eigenvalue weighted by Gasteiger charge is 2.47. The van der Waals surface area contributed by atoms with Gasteiger partial charge in [-0.2, -0.15) is 13.2 Å². The van der Waals surface area contributed by atoms with E-state index in [-0.39, 0.29) is 9.92 Å². The summed E-state index contributed by atoms with van der Waals surface area (Å²) in [5.41, 5.74) is 0. The van der Waals surface area contributed by atoms with Crippen LogP contribution in [0.4, 0.5) is 13.2 Å². The molecular formula is C14H13ClF3NO5S. The first-order valence-corrected chi connectivity index (χ1v) is 8.93. The molecule has 0 saturated carbocycles. The molecular weight excluding hydrogens is 387 g/mol. The van der Waals surface area contributed by atoms with Gasteiger partial charge in [0.2, 0.25) is 5.91 Å². The molecule has 1 aromatic rings. The standard InChI is InChI=1S/C14H13ClF3NO5S/c15-9-3-1-2-4-11(9)25(23,24)8-5-10(13(21)22)19(7-8)12(20)6-14(16,17)18/h1-4,8,10H,5-7H2,(H,21,22)/t8-,10+/m1/s1. The van der Waals surface area contributed by atoms with Crippen LogP contribution in [0.5, 0.6) is 0 Å². The van der Waals surface area contributed by atoms with Crippen molar-refractivity contribution >= 4 is 33.3 Å². The van der Waals surface area contributed by atoms with Gasteiger partial charge in [-0.25, -0.2) is 13.2 Å². The number of amides is 1. The topological polar surface area (TPSA) is 91.8 Å². The lowest BCUT2D eigenvalue weighted by Gasteiger charge is -2.22. The number of carboxylic acid groups (broad SMARTS) is 1. The molecule has 0 unspecified atom stereocenters. The van der Waals surface area contributed by atoms with E-state index in [9.17, 15) is 31.2 Å². The summed E-state index contributed by atoms with van der Waals surface area (Å²) in [6.45, 7) is -0.639. The van der Waals surface area contributed by atoms with Crippen LogP contribution < -0.4 is 0 Å². The van der Waals surface area contributed by atoms with Gasteiger partial charge < -0.3 is 10.0 Å².